The van der Waals surface area contributed by atoms with Crippen LogP contribution < -0.4 is 5.32 Å². The number of likely N-dealkylation sites (tertiary alicyclic amines) is 1. The van der Waals surface area contributed by atoms with E-state index in [4.69, 9.17) is 0 Å². The lowest BCUT2D eigenvalue weighted by Gasteiger charge is -2.38. The SMILES string of the molecule is CC1CCN(C(=O)NC2CCC(C)(C)CC2)CC1O. The number of piperidine rings is 1. The van der Waals surface area contributed by atoms with E-state index in [-0.39, 0.29) is 12.1 Å². The molecule has 1 aliphatic heterocycles. The lowest BCUT2D eigenvalue weighted by molar-refractivity contribution is 0.0423. The van der Waals surface area contributed by atoms with Gasteiger partial charge in [-0.05, 0) is 43.4 Å². The maximum Gasteiger partial charge on any atom is 0.317 e. The number of nitrogens with one attached hydrogen (secondary N) is 1. The summed E-state index contributed by atoms with van der Waals surface area (Å²) in [6, 6.07) is 0.327. The van der Waals surface area contributed by atoms with Crippen molar-refractivity contribution in [3.05, 3.63) is 0 Å². The van der Waals surface area contributed by atoms with E-state index in [0.29, 0.717) is 23.9 Å². The number of β-amino-alcohol motifs (C(OH)–C–C–N with tert-alkyl or cyclic N) is 1. The molecule has 1 aliphatic carbocycles. The van der Waals surface area contributed by atoms with E-state index in [0.717, 1.165) is 25.8 Å². The normalized spacial score (nSPS) is 32.1. The highest BCUT2D eigenvalue weighted by Gasteiger charge is 2.31. The standard InChI is InChI=1S/C15H28N2O2/c1-11-6-9-17(10-13(11)18)14(19)16-12-4-7-15(2,3)8-5-12/h11-13,18H,4-10H2,1-3H3,(H,16,19). The van der Waals surface area contributed by atoms with Crippen LogP contribution in [-0.4, -0.2) is 41.3 Å². The van der Waals surface area contributed by atoms with Crippen molar-refractivity contribution in [1.29, 1.82) is 0 Å². The van der Waals surface area contributed by atoms with Crippen LogP contribution in [0.15, 0.2) is 0 Å². The molecule has 4 heteroatoms. The minimum absolute atomic E-state index is 0.00987. The maximum absolute atomic E-state index is 12.2. The first-order valence-electron chi connectivity index (χ1n) is 7.61. The molecule has 0 bridgehead atoms. The van der Waals surface area contributed by atoms with Gasteiger partial charge in [-0.2, -0.15) is 0 Å². The Labute approximate surface area is 116 Å². The van der Waals surface area contributed by atoms with Gasteiger partial charge >= 0.3 is 6.03 Å². The van der Waals surface area contributed by atoms with Crippen LogP contribution in [0.2, 0.25) is 0 Å². The zero-order valence-corrected chi connectivity index (χ0v) is 12.5. The number of rotatable bonds is 1. The molecular weight excluding hydrogens is 240 g/mol. The Bertz CT molecular complexity index is 320. The molecule has 19 heavy (non-hydrogen) atoms. The van der Waals surface area contributed by atoms with E-state index < -0.39 is 0 Å². The average molecular weight is 268 g/mol. The number of amides is 2. The topological polar surface area (TPSA) is 52.6 Å². The number of urea groups is 1. The molecule has 2 N–H and O–H groups in total. The van der Waals surface area contributed by atoms with Gasteiger partial charge in [-0.1, -0.05) is 20.8 Å². The van der Waals surface area contributed by atoms with Crippen LogP contribution in [0.3, 0.4) is 0 Å². The highest BCUT2D eigenvalue weighted by atomic mass is 16.3. The summed E-state index contributed by atoms with van der Waals surface area (Å²) in [6.07, 6.45) is 5.03. The molecule has 4 nitrogen and oxygen atoms in total. The van der Waals surface area contributed by atoms with E-state index >= 15 is 0 Å². The Balaban J connectivity index is 1.79. The molecule has 0 aromatic carbocycles. The van der Waals surface area contributed by atoms with Crippen molar-refractivity contribution in [1.82, 2.24) is 10.2 Å². The Morgan fingerprint density at radius 3 is 2.47 bits per heavy atom. The first kappa shape index (κ1) is 14.6. The van der Waals surface area contributed by atoms with Gasteiger partial charge < -0.3 is 15.3 Å². The molecule has 2 unspecified atom stereocenters. The predicted octanol–water partition coefficient (Wildman–Crippen LogP) is 2.37. The van der Waals surface area contributed by atoms with Crippen LogP contribution in [0.5, 0.6) is 0 Å². The number of hydrogen-bond donors (Lipinski definition) is 2. The fraction of sp³-hybridized carbons (Fsp3) is 0.933. The minimum Gasteiger partial charge on any atom is -0.391 e. The molecule has 0 aromatic rings. The van der Waals surface area contributed by atoms with Gasteiger partial charge in [-0.25, -0.2) is 4.79 Å². The Morgan fingerprint density at radius 2 is 1.89 bits per heavy atom. The van der Waals surface area contributed by atoms with Gasteiger partial charge in [0.2, 0.25) is 0 Å². The van der Waals surface area contributed by atoms with Crippen LogP contribution >= 0.6 is 0 Å². The number of hydrogen-bond acceptors (Lipinski definition) is 2. The number of aliphatic hydroxyl groups is 1. The summed E-state index contributed by atoms with van der Waals surface area (Å²) in [5.74, 6) is 0.305. The van der Waals surface area contributed by atoms with Gasteiger partial charge in [0.15, 0.2) is 0 Å². The predicted molar refractivity (Wildman–Crippen MR) is 75.9 cm³/mol. The van der Waals surface area contributed by atoms with Gasteiger partial charge in [-0.15, -0.1) is 0 Å². The summed E-state index contributed by atoms with van der Waals surface area (Å²) in [4.78, 5) is 14.0. The molecule has 1 saturated heterocycles. The van der Waals surface area contributed by atoms with Crippen molar-refractivity contribution < 1.29 is 9.90 Å². The van der Waals surface area contributed by atoms with Crippen molar-refractivity contribution in [2.45, 2.75) is 65.0 Å². The molecule has 2 amide bonds. The molecule has 2 atom stereocenters. The van der Waals surface area contributed by atoms with Gasteiger partial charge in [0, 0.05) is 19.1 Å². The van der Waals surface area contributed by atoms with Crippen LogP contribution in [-0.2, 0) is 0 Å². The van der Waals surface area contributed by atoms with E-state index in [2.05, 4.69) is 19.2 Å². The second kappa shape index (κ2) is 5.70. The smallest absolute Gasteiger partial charge is 0.317 e. The van der Waals surface area contributed by atoms with Gasteiger partial charge in [0.05, 0.1) is 6.10 Å². The summed E-state index contributed by atoms with van der Waals surface area (Å²) < 4.78 is 0. The third-order valence-electron chi connectivity index (χ3n) is 4.87. The van der Waals surface area contributed by atoms with E-state index in [1.54, 1.807) is 4.90 Å². The fourth-order valence-corrected chi connectivity index (χ4v) is 3.04. The molecule has 2 aliphatic rings. The Kier molecular flexibility index (Phi) is 4.39. The Hall–Kier alpha value is -0.770. The van der Waals surface area contributed by atoms with Gasteiger partial charge in [-0.3, -0.25) is 0 Å². The summed E-state index contributed by atoms with van der Waals surface area (Å²) in [7, 11) is 0. The van der Waals surface area contributed by atoms with Crippen LogP contribution in [0.1, 0.15) is 52.9 Å². The number of nitrogens with zero attached hydrogens (tertiary/aromatic N) is 1. The molecular formula is C15H28N2O2. The van der Waals surface area contributed by atoms with Crippen molar-refractivity contribution in [3.8, 4) is 0 Å². The second-order valence-electron chi connectivity index (χ2n) is 7.17. The van der Waals surface area contributed by atoms with E-state index in [9.17, 15) is 9.90 Å². The highest BCUT2D eigenvalue weighted by molar-refractivity contribution is 5.74. The molecule has 0 spiro atoms. The zero-order valence-electron chi connectivity index (χ0n) is 12.5. The minimum atomic E-state index is -0.371. The quantitative estimate of drug-likeness (QED) is 0.767. The van der Waals surface area contributed by atoms with Crippen LogP contribution in [0.25, 0.3) is 0 Å². The molecule has 2 fully saturated rings. The molecule has 110 valence electrons. The molecule has 2 rings (SSSR count). The third-order valence-corrected chi connectivity index (χ3v) is 4.87. The first-order valence-corrected chi connectivity index (χ1v) is 7.61. The van der Waals surface area contributed by atoms with E-state index in [1.807, 2.05) is 6.92 Å². The second-order valence-corrected chi connectivity index (χ2v) is 7.17. The van der Waals surface area contributed by atoms with Crippen molar-refractivity contribution >= 4 is 6.03 Å². The number of carbonyl (C=O) groups is 1. The van der Waals surface area contributed by atoms with Gasteiger partial charge in [0.1, 0.15) is 0 Å². The largest absolute Gasteiger partial charge is 0.391 e. The fourth-order valence-electron chi connectivity index (χ4n) is 3.04. The number of aliphatic hydroxyl groups excluding tert-OH is 1. The summed E-state index contributed by atoms with van der Waals surface area (Å²) in [6.45, 7) is 7.89. The summed E-state index contributed by atoms with van der Waals surface area (Å²) in [5, 5.41) is 13.0. The molecule has 0 aromatic heterocycles. The summed E-state index contributed by atoms with van der Waals surface area (Å²) >= 11 is 0. The third kappa shape index (κ3) is 3.85. The Morgan fingerprint density at radius 1 is 1.26 bits per heavy atom. The molecule has 1 heterocycles. The van der Waals surface area contributed by atoms with Crippen LogP contribution in [0, 0.1) is 11.3 Å². The van der Waals surface area contributed by atoms with Crippen molar-refractivity contribution in [3.63, 3.8) is 0 Å². The molecule has 0 radical (unpaired) electrons. The highest BCUT2D eigenvalue weighted by Crippen LogP contribution is 2.35. The van der Waals surface area contributed by atoms with Crippen molar-refractivity contribution in [2.75, 3.05) is 13.1 Å². The van der Waals surface area contributed by atoms with Gasteiger partial charge in [0.25, 0.3) is 0 Å². The maximum atomic E-state index is 12.2. The molecule has 1 saturated carbocycles. The average Bonchev–Trinajstić information content (AvgIpc) is 2.35. The monoisotopic (exact) mass is 268 g/mol. The van der Waals surface area contributed by atoms with Crippen LogP contribution in [0.4, 0.5) is 4.79 Å². The van der Waals surface area contributed by atoms with Crippen molar-refractivity contribution in [2.24, 2.45) is 11.3 Å². The summed E-state index contributed by atoms with van der Waals surface area (Å²) in [5.41, 5.74) is 0.429. The van der Waals surface area contributed by atoms with E-state index in [1.165, 1.54) is 12.8 Å². The lowest BCUT2D eigenvalue weighted by Crippen LogP contribution is -2.52. The first-order chi connectivity index (χ1) is 8.87. The lowest BCUT2D eigenvalue weighted by atomic mass is 9.75. The number of carbonyl (C=O) groups excluding carboxylic acids is 1. The zero-order chi connectivity index (χ0) is 14.0.